The zero-order valence-corrected chi connectivity index (χ0v) is 10.8. The third kappa shape index (κ3) is 2.76. The summed E-state index contributed by atoms with van der Waals surface area (Å²) in [6.07, 6.45) is 5.22. The zero-order valence-electron chi connectivity index (χ0n) is 10.8. The van der Waals surface area contributed by atoms with E-state index in [1.54, 1.807) is 0 Å². The molecule has 1 N–H and O–H groups in total. The molecule has 3 nitrogen and oxygen atoms in total. The predicted octanol–water partition coefficient (Wildman–Crippen LogP) is 1.49. The van der Waals surface area contributed by atoms with E-state index >= 15 is 0 Å². The third-order valence-corrected chi connectivity index (χ3v) is 4.23. The van der Waals surface area contributed by atoms with E-state index in [9.17, 15) is 0 Å². The number of rotatable bonds is 5. The maximum absolute atomic E-state index is 5.48. The zero-order chi connectivity index (χ0) is 11.4. The number of ether oxygens (including phenoxy) is 1. The maximum Gasteiger partial charge on any atom is 0.0622 e. The van der Waals surface area contributed by atoms with Crippen LogP contribution in [0, 0.1) is 5.41 Å². The average molecular weight is 226 g/mol. The number of hydrogen-bond acceptors (Lipinski definition) is 3. The van der Waals surface area contributed by atoms with Crippen LogP contribution >= 0.6 is 0 Å². The van der Waals surface area contributed by atoms with E-state index in [1.807, 2.05) is 0 Å². The molecule has 2 saturated heterocycles. The Kier molecular flexibility index (Phi) is 4.22. The van der Waals surface area contributed by atoms with Crippen molar-refractivity contribution in [1.82, 2.24) is 10.2 Å². The van der Waals surface area contributed by atoms with Crippen LogP contribution in [-0.4, -0.2) is 50.8 Å². The highest BCUT2D eigenvalue weighted by Crippen LogP contribution is 2.32. The SMILES string of the molecule is CCCC1(CN(C)C2CCOC2)CCNC1. The molecule has 2 rings (SSSR count). The summed E-state index contributed by atoms with van der Waals surface area (Å²) in [4.78, 5) is 2.54. The molecule has 0 saturated carbocycles. The fourth-order valence-corrected chi connectivity index (χ4v) is 3.28. The summed E-state index contributed by atoms with van der Waals surface area (Å²) in [5, 5.41) is 3.54. The number of likely N-dealkylation sites (N-methyl/N-ethyl adjacent to an activating group) is 1. The van der Waals surface area contributed by atoms with Crippen LogP contribution in [0.3, 0.4) is 0 Å². The predicted molar refractivity (Wildman–Crippen MR) is 66.7 cm³/mol. The number of nitrogens with one attached hydrogen (secondary N) is 1. The van der Waals surface area contributed by atoms with Crippen LogP contribution in [0.15, 0.2) is 0 Å². The second kappa shape index (κ2) is 5.48. The molecule has 2 unspecified atom stereocenters. The highest BCUT2D eigenvalue weighted by molar-refractivity contribution is 4.91. The summed E-state index contributed by atoms with van der Waals surface area (Å²) >= 11 is 0. The molecule has 16 heavy (non-hydrogen) atoms. The van der Waals surface area contributed by atoms with Crippen molar-refractivity contribution in [3.8, 4) is 0 Å². The monoisotopic (exact) mass is 226 g/mol. The first kappa shape index (κ1) is 12.3. The van der Waals surface area contributed by atoms with Crippen molar-refractivity contribution in [1.29, 1.82) is 0 Å². The Hall–Kier alpha value is -0.120. The molecule has 0 aromatic rings. The highest BCUT2D eigenvalue weighted by atomic mass is 16.5. The molecule has 0 amide bonds. The van der Waals surface area contributed by atoms with E-state index in [0.29, 0.717) is 11.5 Å². The van der Waals surface area contributed by atoms with Gasteiger partial charge in [0.15, 0.2) is 0 Å². The van der Waals surface area contributed by atoms with Crippen LogP contribution in [0.2, 0.25) is 0 Å². The van der Waals surface area contributed by atoms with Gasteiger partial charge in [-0.05, 0) is 38.3 Å². The molecular weight excluding hydrogens is 200 g/mol. The molecular formula is C13H26N2O. The van der Waals surface area contributed by atoms with Crippen LogP contribution in [0.25, 0.3) is 0 Å². The first-order valence-corrected chi connectivity index (χ1v) is 6.74. The van der Waals surface area contributed by atoms with Gasteiger partial charge in [-0.3, -0.25) is 0 Å². The summed E-state index contributed by atoms with van der Waals surface area (Å²) in [7, 11) is 2.27. The van der Waals surface area contributed by atoms with Gasteiger partial charge in [0.1, 0.15) is 0 Å². The summed E-state index contributed by atoms with van der Waals surface area (Å²) in [5.41, 5.74) is 0.534. The number of nitrogens with zero attached hydrogens (tertiary/aromatic N) is 1. The van der Waals surface area contributed by atoms with E-state index < -0.39 is 0 Å². The van der Waals surface area contributed by atoms with Crippen molar-refractivity contribution in [3.05, 3.63) is 0 Å². The van der Waals surface area contributed by atoms with Crippen molar-refractivity contribution >= 4 is 0 Å². The Balaban J connectivity index is 1.89. The van der Waals surface area contributed by atoms with E-state index in [-0.39, 0.29) is 0 Å². The topological polar surface area (TPSA) is 24.5 Å². The van der Waals surface area contributed by atoms with Crippen LogP contribution in [0.1, 0.15) is 32.6 Å². The molecule has 2 fully saturated rings. The van der Waals surface area contributed by atoms with Gasteiger partial charge in [-0.2, -0.15) is 0 Å². The Labute approximate surface area is 99.5 Å². The highest BCUT2D eigenvalue weighted by Gasteiger charge is 2.35. The Morgan fingerprint density at radius 1 is 1.50 bits per heavy atom. The van der Waals surface area contributed by atoms with E-state index in [1.165, 1.54) is 45.3 Å². The molecule has 0 aromatic carbocycles. The van der Waals surface area contributed by atoms with Crippen LogP contribution < -0.4 is 5.32 Å². The summed E-state index contributed by atoms with van der Waals surface area (Å²) in [6.45, 7) is 7.84. The van der Waals surface area contributed by atoms with Gasteiger partial charge in [0.2, 0.25) is 0 Å². The molecule has 2 aliphatic heterocycles. The molecule has 0 aromatic heterocycles. The minimum atomic E-state index is 0.534. The lowest BCUT2D eigenvalue weighted by atomic mass is 9.81. The van der Waals surface area contributed by atoms with Crippen molar-refractivity contribution < 1.29 is 4.74 Å². The van der Waals surface area contributed by atoms with Crippen LogP contribution in [0.5, 0.6) is 0 Å². The normalized spacial score (nSPS) is 35.1. The fourth-order valence-electron chi connectivity index (χ4n) is 3.28. The number of hydrogen-bond donors (Lipinski definition) is 1. The van der Waals surface area contributed by atoms with Crippen molar-refractivity contribution in [2.24, 2.45) is 5.41 Å². The van der Waals surface area contributed by atoms with Crippen molar-refractivity contribution in [3.63, 3.8) is 0 Å². The summed E-state index contributed by atoms with van der Waals surface area (Å²) in [5.74, 6) is 0. The second-order valence-corrected chi connectivity index (χ2v) is 5.61. The minimum Gasteiger partial charge on any atom is -0.380 e. The molecule has 2 aliphatic rings. The van der Waals surface area contributed by atoms with Gasteiger partial charge >= 0.3 is 0 Å². The van der Waals surface area contributed by atoms with Gasteiger partial charge in [-0.15, -0.1) is 0 Å². The summed E-state index contributed by atoms with van der Waals surface area (Å²) in [6, 6.07) is 0.661. The standard InChI is InChI=1S/C13H26N2O/c1-3-5-13(6-7-14-10-13)11-15(2)12-4-8-16-9-12/h12,14H,3-11H2,1-2H3. The molecule has 2 atom stereocenters. The molecule has 2 heterocycles. The lowest BCUT2D eigenvalue weighted by Crippen LogP contribution is -2.42. The minimum absolute atomic E-state index is 0.534. The first-order valence-electron chi connectivity index (χ1n) is 6.74. The first-order chi connectivity index (χ1) is 7.76. The van der Waals surface area contributed by atoms with E-state index in [0.717, 1.165) is 13.2 Å². The van der Waals surface area contributed by atoms with Gasteiger partial charge in [0.05, 0.1) is 6.61 Å². The largest absolute Gasteiger partial charge is 0.380 e. The van der Waals surface area contributed by atoms with Gasteiger partial charge in [-0.25, -0.2) is 0 Å². The quantitative estimate of drug-likeness (QED) is 0.768. The second-order valence-electron chi connectivity index (χ2n) is 5.61. The molecule has 0 aliphatic carbocycles. The molecule has 3 heteroatoms. The molecule has 0 radical (unpaired) electrons. The molecule has 0 spiro atoms. The Morgan fingerprint density at radius 3 is 2.94 bits per heavy atom. The van der Waals surface area contributed by atoms with Crippen LogP contribution in [-0.2, 0) is 4.74 Å². The third-order valence-electron chi connectivity index (χ3n) is 4.23. The smallest absolute Gasteiger partial charge is 0.0622 e. The van der Waals surface area contributed by atoms with Crippen molar-refractivity contribution in [2.75, 3.05) is 39.9 Å². The molecule has 94 valence electrons. The van der Waals surface area contributed by atoms with Gasteiger partial charge < -0.3 is 15.0 Å². The molecule has 0 bridgehead atoms. The average Bonchev–Trinajstić information content (AvgIpc) is 2.88. The Bertz CT molecular complexity index is 208. The lowest BCUT2D eigenvalue weighted by molar-refractivity contribution is 0.117. The van der Waals surface area contributed by atoms with Gasteiger partial charge in [0.25, 0.3) is 0 Å². The van der Waals surface area contributed by atoms with Crippen LogP contribution in [0.4, 0.5) is 0 Å². The van der Waals surface area contributed by atoms with Gasteiger partial charge in [0, 0.05) is 25.7 Å². The fraction of sp³-hybridized carbons (Fsp3) is 1.00. The Morgan fingerprint density at radius 2 is 2.38 bits per heavy atom. The van der Waals surface area contributed by atoms with Crippen molar-refractivity contribution in [2.45, 2.75) is 38.6 Å². The lowest BCUT2D eigenvalue weighted by Gasteiger charge is -2.35. The summed E-state index contributed by atoms with van der Waals surface area (Å²) < 4.78 is 5.48. The maximum atomic E-state index is 5.48. The van der Waals surface area contributed by atoms with E-state index in [4.69, 9.17) is 4.74 Å². The van der Waals surface area contributed by atoms with Gasteiger partial charge in [-0.1, -0.05) is 13.3 Å². The van der Waals surface area contributed by atoms with E-state index in [2.05, 4.69) is 24.2 Å².